The Hall–Kier alpha value is -1.87. The van der Waals surface area contributed by atoms with Gasteiger partial charge >= 0.3 is 0 Å². The molecule has 0 spiro atoms. The number of aromatic nitrogens is 1. The number of hydrogen-bond acceptors (Lipinski definition) is 2. The van der Waals surface area contributed by atoms with Gasteiger partial charge in [0.2, 0.25) is 5.91 Å². The van der Waals surface area contributed by atoms with Crippen LogP contribution >= 0.6 is 0 Å². The Morgan fingerprint density at radius 3 is 2.78 bits per heavy atom. The van der Waals surface area contributed by atoms with Crippen molar-refractivity contribution in [2.45, 2.75) is 19.8 Å². The Morgan fingerprint density at radius 2 is 2.06 bits per heavy atom. The van der Waals surface area contributed by atoms with E-state index in [-0.39, 0.29) is 5.91 Å². The van der Waals surface area contributed by atoms with E-state index in [1.807, 2.05) is 49.6 Å². The highest BCUT2D eigenvalue weighted by molar-refractivity contribution is 5.81. The van der Waals surface area contributed by atoms with Gasteiger partial charge in [0.15, 0.2) is 0 Å². The third kappa shape index (κ3) is 2.87. The zero-order valence-corrected chi connectivity index (χ0v) is 10.6. The Morgan fingerprint density at radius 1 is 1.28 bits per heavy atom. The van der Waals surface area contributed by atoms with Crippen LogP contribution in [0.25, 0.3) is 0 Å². The molecule has 1 aromatic heterocycles. The molecule has 0 atom stereocenters. The first-order valence-corrected chi connectivity index (χ1v) is 6.15. The van der Waals surface area contributed by atoms with Gasteiger partial charge < -0.3 is 5.73 Å². The van der Waals surface area contributed by atoms with Crippen molar-refractivity contribution in [1.29, 1.82) is 0 Å². The smallest absolute Gasteiger partial charge is 0.234 e. The summed E-state index contributed by atoms with van der Waals surface area (Å²) in [6, 6.07) is 9.92. The van der Waals surface area contributed by atoms with Crippen LogP contribution < -0.4 is 5.73 Å². The molecule has 0 aliphatic heterocycles. The molecule has 0 fully saturated rings. The molecule has 2 rings (SSSR count). The van der Waals surface area contributed by atoms with Gasteiger partial charge in [-0.1, -0.05) is 24.3 Å². The molecule has 0 saturated heterocycles. The Balaban J connectivity index is 2.10. The highest BCUT2D eigenvalue weighted by atomic mass is 16.1. The lowest BCUT2D eigenvalue weighted by atomic mass is 10.1. The van der Waals surface area contributed by atoms with Crippen molar-refractivity contribution in [3.05, 3.63) is 59.4 Å². The fourth-order valence-electron chi connectivity index (χ4n) is 1.97. The van der Waals surface area contributed by atoms with Crippen molar-refractivity contribution in [3.8, 4) is 0 Å². The number of rotatable bonds is 4. The van der Waals surface area contributed by atoms with Crippen molar-refractivity contribution in [2.75, 3.05) is 6.54 Å². The quantitative estimate of drug-likeness (QED) is 0.893. The van der Waals surface area contributed by atoms with Crippen LogP contribution in [0.4, 0.5) is 0 Å². The molecule has 0 radical (unpaired) electrons. The SMILES string of the molecule is Cc1ccccc1CC(=O)n1ccc(CCN)c1. The molecule has 3 heteroatoms. The zero-order valence-electron chi connectivity index (χ0n) is 10.6. The van der Waals surface area contributed by atoms with Crippen LogP contribution in [0.5, 0.6) is 0 Å². The molecule has 0 unspecified atom stereocenters. The first-order chi connectivity index (χ1) is 8.70. The minimum absolute atomic E-state index is 0.0903. The van der Waals surface area contributed by atoms with Crippen LogP contribution in [-0.2, 0) is 12.8 Å². The summed E-state index contributed by atoms with van der Waals surface area (Å²) in [5.74, 6) is 0.0903. The largest absolute Gasteiger partial charge is 0.330 e. The number of nitrogens with zero attached hydrogens (tertiary/aromatic N) is 1. The minimum atomic E-state index is 0.0903. The van der Waals surface area contributed by atoms with Gasteiger partial charge in [-0.05, 0) is 42.6 Å². The van der Waals surface area contributed by atoms with E-state index in [1.165, 1.54) is 0 Å². The molecule has 18 heavy (non-hydrogen) atoms. The molecule has 0 amide bonds. The van der Waals surface area contributed by atoms with Crippen LogP contribution in [0.3, 0.4) is 0 Å². The number of aryl methyl sites for hydroxylation is 1. The van der Waals surface area contributed by atoms with Gasteiger partial charge in [0.1, 0.15) is 0 Å². The molecule has 3 nitrogen and oxygen atoms in total. The van der Waals surface area contributed by atoms with Crippen LogP contribution in [0, 0.1) is 6.92 Å². The lowest BCUT2D eigenvalue weighted by molar-refractivity contribution is 0.0914. The molecule has 1 heterocycles. The van der Waals surface area contributed by atoms with E-state index in [0.29, 0.717) is 13.0 Å². The summed E-state index contributed by atoms with van der Waals surface area (Å²) >= 11 is 0. The Labute approximate surface area is 107 Å². The van der Waals surface area contributed by atoms with E-state index in [9.17, 15) is 4.79 Å². The number of carbonyl (C=O) groups is 1. The van der Waals surface area contributed by atoms with E-state index < -0.39 is 0 Å². The standard InChI is InChI=1S/C15H18N2O/c1-12-4-2-3-5-14(12)10-15(18)17-9-7-13(11-17)6-8-16/h2-5,7,9,11H,6,8,10,16H2,1H3. The topological polar surface area (TPSA) is 48.0 Å². The normalized spacial score (nSPS) is 10.6. The molecule has 0 saturated carbocycles. The summed E-state index contributed by atoms with van der Waals surface area (Å²) in [7, 11) is 0. The summed E-state index contributed by atoms with van der Waals surface area (Å²) in [5, 5.41) is 0. The lowest BCUT2D eigenvalue weighted by Gasteiger charge is -2.05. The summed E-state index contributed by atoms with van der Waals surface area (Å²) in [5.41, 5.74) is 8.84. The number of nitrogens with two attached hydrogens (primary N) is 1. The van der Waals surface area contributed by atoms with Gasteiger partial charge in [-0.2, -0.15) is 0 Å². The van der Waals surface area contributed by atoms with Crippen LogP contribution in [0.2, 0.25) is 0 Å². The number of carbonyl (C=O) groups excluding carboxylic acids is 1. The predicted molar refractivity (Wildman–Crippen MR) is 72.7 cm³/mol. The molecule has 94 valence electrons. The molecule has 2 N–H and O–H groups in total. The molecule has 1 aromatic carbocycles. The molecule has 2 aromatic rings. The van der Waals surface area contributed by atoms with Gasteiger partial charge in [0, 0.05) is 12.4 Å². The Kier molecular flexibility index (Phi) is 3.95. The second kappa shape index (κ2) is 5.65. The van der Waals surface area contributed by atoms with Crippen molar-refractivity contribution >= 4 is 5.91 Å². The average Bonchev–Trinajstić information content (AvgIpc) is 2.81. The summed E-state index contributed by atoms with van der Waals surface area (Å²) < 4.78 is 1.65. The maximum atomic E-state index is 12.1. The van der Waals surface area contributed by atoms with E-state index in [2.05, 4.69) is 0 Å². The summed E-state index contributed by atoms with van der Waals surface area (Å²) in [6.07, 6.45) is 4.92. The highest BCUT2D eigenvalue weighted by Crippen LogP contribution is 2.10. The van der Waals surface area contributed by atoms with Crippen molar-refractivity contribution in [3.63, 3.8) is 0 Å². The zero-order chi connectivity index (χ0) is 13.0. The maximum Gasteiger partial charge on any atom is 0.234 e. The van der Waals surface area contributed by atoms with Crippen molar-refractivity contribution < 1.29 is 4.79 Å². The predicted octanol–water partition coefficient (Wildman–Crippen LogP) is 2.18. The fourth-order valence-corrected chi connectivity index (χ4v) is 1.97. The molecular formula is C15H18N2O. The van der Waals surface area contributed by atoms with E-state index >= 15 is 0 Å². The first kappa shape index (κ1) is 12.6. The van der Waals surface area contributed by atoms with Gasteiger partial charge in [0.25, 0.3) is 0 Å². The third-order valence-corrected chi connectivity index (χ3v) is 3.08. The second-order valence-corrected chi connectivity index (χ2v) is 4.46. The van der Waals surface area contributed by atoms with Crippen LogP contribution in [-0.4, -0.2) is 17.0 Å². The average molecular weight is 242 g/mol. The summed E-state index contributed by atoms with van der Waals surface area (Å²) in [4.78, 5) is 12.1. The second-order valence-electron chi connectivity index (χ2n) is 4.46. The monoisotopic (exact) mass is 242 g/mol. The molecule has 0 aliphatic carbocycles. The van der Waals surface area contributed by atoms with Crippen LogP contribution in [0.1, 0.15) is 21.5 Å². The van der Waals surface area contributed by atoms with Crippen molar-refractivity contribution in [2.24, 2.45) is 5.73 Å². The van der Waals surface area contributed by atoms with Gasteiger partial charge in [-0.25, -0.2) is 0 Å². The molecule has 0 bridgehead atoms. The Bertz CT molecular complexity index is 543. The highest BCUT2D eigenvalue weighted by Gasteiger charge is 2.08. The molecular weight excluding hydrogens is 224 g/mol. The van der Waals surface area contributed by atoms with Gasteiger partial charge in [-0.15, -0.1) is 0 Å². The van der Waals surface area contributed by atoms with Gasteiger partial charge in [-0.3, -0.25) is 9.36 Å². The first-order valence-electron chi connectivity index (χ1n) is 6.15. The maximum absolute atomic E-state index is 12.1. The molecule has 0 aliphatic rings. The number of hydrogen-bond donors (Lipinski definition) is 1. The van der Waals surface area contributed by atoms with Crippen LogP contribution in [0.15, 0.2) is 42.7 Å². The minimum Gasteiger partial charge on any atom is -0.330 e. The third-order valence-electron chi connectivity index (χ3n) is 3.08. The fraction of sp³-hybridized carbons (Fsp3) is 0.267. The van der Waals surface area contributed by atoms with Gasteiger partial charge in [0.05, 0.1) is 6.42 Å². The van der Waals surface area contributed by atoms with E-state index in [1.54, 1.807) is 4.57 Å². The van der Waals surface area contributed by atoms with E-state index in [4.69, 9.17) is 5.73 Å². The van der Waals surface area contributed by atoms with Crippen molar-refractivity contribution in [1.82, 2.24) is 4.57 Å². The summed E-state index contributed by atoms with van der Waals surface area (Å²) in [6.45, 7) is 2.63. The van der Waals surface area contributed by atoms with E-state index in [0.717, 1.165) is 23.1 Å². The lowest BCUT2D eigenvalue weighted by Crippen LogP contribution is -2.12. The number of benzene rings is 1.